The van der Waals surface area contributed by atoms with Gasteiger partial charge in [0.25, 0.3) is 0 Å². The first kappa shape index (κ1) is 16.7. The van der Waals surface area contributed by atoms with E-state index in [0.29, 0.717) is 0 Å². The van der Waals surface area contributed by atoms with Crippen LogP contribution in [0.2, 0.25) is 0 Å². The first-order chi connectivity index (χ1) is 10.3. The number of nitrogens with zero attached hydrogens (tertiary/aromatic N) is 2. The molecule has 0 aromatic heterocycles. The van der Waals surface area contributed by atoms with Crippen LogP contribution in [0.3, 0.4) is 0 Å². The maximum Gasteiger partial charge on any atom is 0.243 e. The topological polar surface area (TPSA) is 95.3 Å². The fourth-order valence-corrected chi connectivity index (χ4v) is 5.93. The molecule has 0 bridgehead atoms. The van der Waals surface area contributed by atoms with E-state index in [9.17, 15) is 16.8 Å². The summed E-state index contributed by atoms with van der Waals surface area (Å²) in [5.41, 5.74) is 0.235. The summed E-state index contributed by atoms with van der Waals surface area (Å²) in [5, 5.41) is 8.90. The van der Waals surface area contributed by atoms with Crippen LogP contribution in [0.5, 0.6) is 0 Å². The second-order valence-corrected chi connectivity index (χ2v) is 9.18. The molecule has 2 rings (SSSR count). The summed E-state index contributed by atoms with van der Waals surface area (Å²) >= 11 is 0. The Labute approximate surface area is 130 Å². The Morgan fingerprint density at radius 2 is 2.18 bits per heavy atom. The zero-order valence-corrected chi connectivity index (χ0v) is 13.5. The zero-order valence-electron chi connectivity index (χ0n) is 11.8. The minimum Gasteiger partial charge on any atom is -0.229 e. The highest BCUT2D eigenvalue weighted by molar-refractivity contribution is 7.92. The Hall–Kier alpha value is -1.69. The minimum absolute atomic E-state index is 0.0148. The standard InChI is InChI=1S/C14H16N2O4S2/c1-2-7-16(13-6-8-21(17,18)11-13)22(19,20)14-5-3-4-12(9-14)10-15/h2-5,9,13H,1,6-8,11H2/t13-/m0/s1. The van der Waals surface area contributed by atoms with Crippen molar-refractivity contribution < 1.29 is 16.8 Å². The van der Waals surface area contributed by atoms with E-state index < -0.39 is 25.9 Å². The molecule has 0 radical (unpaired) electrons. The maximum atomic E-state index is 12.8. The molecule has 0 amide bonds. The monoisotopic (exact) mass is 340 g/mol. The van der Waals surface area contributed by atoms with Gasteiger partial charge in [0.05, 0.1) is 28.0 Å². The summed E-state index contributed by atoms with van der Waals surface area (Å²) in [6.45, 7) is 3.57. The second-order valence-electron chi connectivity index (χ2n) is 5.06. The van der Waals surface area contributed by atoms with Crippen molar-refractivity contribution in [2.75, 3.05) is 18.1 Å². The zero-order chi connectivity index (χ0) is 16.4. The fraction of sp³-hybridized carbons (Fsp3) is 0.357. The van der Waals surface area contributed by atoms with Crippen LogP contribution < -0.4 is 0 Å². The van der Waals surface area contributed by atoms with Crippen LogP contribution in [0.15, 0.2) is 41.8 Å². The molecule has 0 aliphatic carbocycles. The van der Waals surface area contributed by atoms with Gasteiger partial charge in [-0.15, -0.1) is 6.58 Å². The molecule has 0 spiro atoms. The molecule has 0 unspecified atom stereocenters. The first-order valence-electron chi connectivity index (χ1n) is 6.63. The Bertz CT molecular complexity index is 823. The summed E-state index contributed by atoms with van der Waals surface area (Å²) < 4.78 is 49.9. The van der Waals surface area contributed by atoms with E-state index in [0.717, 1.165) is 4.31 Å². The third kappa shape index (κ3) is 3.38. The minimum atomic E-state index is -3.88. The van der Waals surface area contributed by atoms with Crippen LogP contribution in [-0.2, 0) is 19.9 Å². The molecule has 1 aliphatic heterocycles. The smallest absolute Gasteiger partial charge is 0.229 e. The fourth-order valence-electron chi connectivity index (χ4n) is 2.43. The number of sulfonamides is 1. The van der Waals surface area contributed by atoms with Gasteiger partial charge in [-0.1, -0.05) is 12.1 Å². The number of hydrogen-bond acceptors (Lipinski definition) is 5. The molecule has 1 saturated heterocycles. The van der Waals surface area contributed by atoms with Gasteiger partial charge < -0.3 is 0 Å². The van der Waals surface area contributed by atoms with Crippen molar-refractivity contribution in [3.8, 4) is 6.07 Å². The maximum absolute atomic E-state index is 12.8. The van der Waals surface area contributed by atoms with E-state index in [4.69, 9.17) is 5.26 Å². The number of nitriles is 1. The largest absolute Gasteiger partial charge is 0.243 e. The van der Waals surface area contributed by atoms with E-state index >= 15 is 0 Å². The Morgan fingerprint density at radius 1 is 1.45 bits per heavy atom. The molecule has 1 atom stereocenters. The highest BCUT2D eigenvalue weighted by Gasteiger charge is 2.38. The molecule has 1 aromatic carbocycles. The Kier molecular flexibility index (Phi) is 4.70. The van der Waals surface area contributed by atoms with E-state index in [1.54, 1.807) is 0 Å². The number of hydrogen-bond donors (Lipinski definition) is 0. The molecule has 0 N–H and O–H groups in total. The van der Waals surface area contributed by atoms with Crippen molar-refractivity contribution in [2.24, 2.45) is 0 Å². The lowest BCUT2D eigenvalue weighted by atomic mass is 10.2. The summed E-state index contributed by atoms with van der Waals surface area (Å²) in [4.78, 5) is -0.0160. The molecular weight excluding hydrogens is 324 g/mol. The Balaban J connectivity index is 2.42. The molecule has 1 aliphatic rings. The SMILES string of the molecule is C=CCN([C@H]1CCS(=O)(=O)C1)S(=O)(=O)c1cccc(C#N)c1. The van der Waals surface area contributed by atoms with Crippen molar-refractivity contribution in [1.82, 2.24) is 4.31 Å². The molecule has 1 aromatic rings. The lowest BCUT2D eigenvalue weighted by Crippen LogP contribution is -2.41. The molecule has 22 heavy (non-hydrogen) atoms. The normalized spacial score (nSPS) is 20.6. The lowest BCUT2D eigenvalue weighted by Gasteiger charge is -2.26. The summed E-state index contributed by atoms with van der Waals surface area (Å²) in [6.07, 6.45) is 1.70. The van der Waals surface area contributed by atoms with Gasteiger partial charge in [0.1, 0.15) is 0 Å². The van der Waals surface area contributed by atoms with Crippen LogP contribution in [0.1, 0.15) is 12.0 Å². The molecule has 0 saturated carbocycles. The van der Waals surface area contributed by atoms with E-state index in [1.165, 1.54) is 30.3 Å². The molecule has 118 valence electrons. The van der Waals surface area contributed by atoms with Gasteiger partial charge in [0, 0.05) is 12.6 Å². The summed E-state index contributed by atoms with van der Waals surface area (Å²) in [7, 11) is -7.09. The van der Waals surface area contributed by atoms with Crippen LogP contribution >= 0.6 is 0 Å². The van der Waals surface area contributed by atoms with Crippen molar-refractivity contribution in [1.29, 1.82) is 5.26 Å². The van der Waals surface area contributed by atoms with Crippen molar-refractivity contribution >= 4 is 19.9 Å². The summed E-state index contributed by atoms with van der Waals surface area (Å²) in [6, 6.07) is 6.98. The van der Waals surface area contributed by atoms with E-state index in [1.807, 2.05) is 6.07 Å². The average Bonchev–Trinajstić information content (AvgIpc) is 2.84. The van der Waals surface area contributed by atoms with Crippen molar-refractivity contribution in [3.63, 3.8) is 0 Å². The van der Waals surface area contributed by atoms with Gasteiger partial charge in [0.2, 0.25) is 10.0 Å². The quantitative estimate of drug-likeness (QED) is 0.743. The van der Waals surface area contributed by atoms with Crippen LogP contribution in [0, 0.1) is 11.3 Å². The third-order valence-corrected chi connectivity index (χ3v) is 7.16. The summed E-state index contributed by atoms with van der Waals surface area (Å²) in [5.74, 6) is -0.197. The van der Waals surface area contributed by atoms with E-state index in [-0.39, 0.29) is 34.9 Å². The first-order valence-corrected chi connectivity index (χ1v) is 9.89. The third-order valence-electron chi connectivity index (χ3n) is 3.49. The van der Waals surface area contributed by atoms with Crippen molar-refractivity contribution in [3.05, 3.63) is 42.5 Å². The predicted molar refractivity (Wildman–Crippen MR) is 82.3 cm³/mol. The van der Waals surface area contributed by atoms with Gasteiger partial charge in [0.15, 0.2) is 9.84 Å². The number of sulfone groups is 1. The lowest BCUT2D eigenvalue weighted by molar-refractivity contribution is 0.367. The van der Waals surface area contributed by atoms with E-state index in [2.05, 4.69) is 6.58 Å². The van der Waals surface area contributed by atoms with Crippen LogP contribution in [-0.4, -0.2) is 45.2 Å². The van der Waals surface area contributed by atoms with Gasteiger partial charge in [-0.25, -0.2) is 16.8 Å². The second kappa shape index (κ2) is 6.20. The molecule has 8 heteroatoms. The van der Waals surface area contributed by atoms with Crippen LogP contribution in [0.25, 0.3) is 0 Å². The molecule has 6 nitrogen and oxygen atoms in total. The van der Waals surface area contributed by atoms with Crippen LogP contribution in [0.4, 0.5) is 0 Å². The van der Waals surface area contributed by atoms with Gasteiger partial charge in [-0.3, -0.25) is 0 Å². The van der Waals surface area contributed by atoms with Gasteiger partial charge in [-0.05, 0) is 24.6 Å². The van der Waals surface area contributed by atoms with Gasteiger partial charge in [-0.2, -0.15) is 9.57 Å². The number of benzene rings is 1. The number of rotatable bonds is 5. The predicted octanol–water partition coefficient (Wildman–Crippen LogP) is 0.922. The highest BCUT2D eigenvalue weighted by atomic mass is 32.2. The highest BCUT2D eigenvalue weighted by Crippen LogP contribution is 2.25. The average molecular weight is 340 g/mol. The van der Waals surface area contributed by atoms with Gasteiger partial charge >= 0.3 is 0 Å². The van der Waals surface area contributed by atoms with Crippen molar-refractivity contribution in [2.45, 2.75) is 17.4 Å². The molecular formula is C14H16N2O4S2. The Morgan fingerprint density at radius 3 is 2.73 bits per heavy atom. The molecule has 1 heterocycles. The molecule has 1 fully saturated rings.